The Bertz CT molecular complexity index is 588. The Morgan fingerprint density at radius 2 is 1.91 bits per heavy atom. The second-order valence-electron chi connectivity index (χ2n) is 5.36. The molecule has 2 nitrogen and oxygen atoms in total. The van der Waals surface area contributed by atoms with Gasteiger partial charge in [0.05, 0.1) is 7.11 Å². The molecule has 0 aliphatic carbocycles. The van der Waals surface area contributed by atoms with E-state index >= 15 is 0 Å². The third-order valence-corrected chi connectivity index (χ3v) is 4.29. The average Bonchev–Trinajstić information content (AvgIpc) is 3.07. The monoisotopic (exact) mass is 329 g/mol. The molecule has 0 aliphatic rings. The third kappa shape index (κ3) is 6.85. The lowest BCUT2D eigenvalue weighted by molar-refractivity contribution is 0.401. The zero-order valence-electron chi connectivity index (χ0n) is 14.4. The number of aryl methyl sites for hydroxylation is 1. The Balaban J connectivity index is 0.000000231. The van der Waals surface area contributed by atoms with E-state index in [-0.39, 0.29) is 0 Å². The van der Waals surface area contributed by atoms with Crippen molar-refractivity contribution in [2.75, 3.05) is 27.7 Å². The topological polar surface area (TPSA) is 12.5 Å². The summed E-state index contributed by atoms with van der Waals surface area (Å²) in [6.07, 6.45) is 6.07. The van der Waals surface area contributed by atoms with Crippen LogP contribution in [0, 0.1) is 0 Å². The van der Waals surface area contributed by atoms with Gasteiger partial charge in [-0.05, 0) is 56.6 Å². The summed E-state index contributed by atoms with van der Waals surface area (Å²) in [6.45, 7) is 8.62. The van der Waals surface area contributed by atoms with Gasteiger partial charge in [0.1, 0.15) is 5.75 Å². The molecule has 0 N–H and O–H groups in total. The first-order valence-corrected chi connectivity index (χ1v) is 8.59. The Hall–Kier alpha value is -1.84. The fourth-order valence-electron chi connectivity index (χ4n) is 2.16. The number of nitrogens with zero attached hydrogens (tertiary/aromatic N) is 1. The Morgan fingerprint density at radius 1 is 1.13 bits per heavy atom. The molecule has 0 radical (unpaired) electrons. The van der Waals surface area contributed by atoms with Gasteiger partial charge in [0.25, 0.3) is 0 Å². The van der Waals surface area contributed by atoms with Crippen LogP contribution >= 0.6 is 11.3 Å². The molecule has 0 fully saturated rings. The number of methoxy groups -OCH3 is 1. The zero-order valence-corrected chi connectivity index (χ0v) is 15.2. The minimum atomic E-state index is 0.836. The van der Waals surface area contributed by atoms with Crippen molar-refractivity contribution in [3.63, 3.8) is 0 Å². The minimum absolute atomic E-state index is 0.836. The molecule has 1 aromatic heterocycles. The normalized spacial score (nSPS) is 9.91. The number of hydrogen-bond donors (Lipinski definition) is 0. The Kier molecular flexibility index (Phi) is 9.03. The van der Waals surface area contributed by atoms with Gasteiger partial charge in [-0.25, -0.2) is 0 Å². The summed E-state index contributed by atoms with van der Waals surface area (Å²) in [5, 5.41) is 2.14. The molecule has 0 amide bonds. The summed E-state index contributed by atoms with van der Waals surface area (Å²) in [5.74, 6) is 0.836. The van der Waals surface area contributed by atoms with Crippen molar-refractivity contribution in [2.24, 2.45) is 0 Å². The maximum Gasteiger partial charge on any atom is 0.126 e. The molecule has 2 rings (SSSR count). The van der Waals surface area contributed by atoms with Crippen molar-refractivity contribution in [1.29, 1.82) is 0 Å². The van der Waals surface area contributed by atoms with E-state index in [4.69, 9.17) is 4.74 Å². The van der Waals surface area contributed by atoms with E-state index in [0.717, 1.165) is 16.9 Å². The van der Waals surface area contributed by atoms with Crippen molar-refractivity contribution >= 4 is 23.5 Å². The second kappa shape index (κ2) is 10.8. The highest BCUT2D eigenvalue weighted by molar-refractivity contribution is 7.09. The van der Waals surface area contributed by atoms with E-state index < -0.39 is 0 Å². The van der Waals surface area contributed by atoms with E-state index in [9.17, 15) is 0 Å². The van der Waals surface area contributed by atoms with Crippen LogP contribution in [-0.4, -0.2) is 32.6 Å². The molecular weight excluding hydrogens is 302 g/mol. The van der Waals surface area contributed by atoms with Crippen LogP contribution in [-0.2, 0) is 6.42 Å². The van der Waals surface area contributed by atoms with Crippen LogP contribution in [0.15, 0.2) is 48.9 Å². The van der Waals surface area contributed by atoms with Crippen LogP contribution in [0.1, 0.15) is 22.4 Å². The number of hydrogen-bond acceptors (Lipinski definition) is 3. The summed E-state index contributed by atoms with van der Waals surface area (Å²) in [4.78, 5) is 3.74. The molecule has 124 valence electrons. The number of rotatable bonds is 7. The van der Waals surface area contributed by atoms with Crippen LogP contribution in [0.5, 0.6) is 5.75 Å². The maximum atomic E-state index is 5.16. The highest BCUT2D eigenvalue weighted by atomic mass is 32.1. The van der Waals surface area contributed by atoms with Crippen LogP contribution in [0.25, 0.3) is 12.2 Å². The lowest BCUT2D eigenvalue weighted by atomic mass is 10.1. The predicted octanol–water partition coefficient (Wildman–Crippen LogP) is 5.22. The average molecular weight is 330 g/mol. The summed E-state index contributed by atoms with van der Waals surface area (Å²) in [6, 6.07) is 10.1. The van der Waals surface area contributed by atoms with Gasteiger partial charge in [-0.3, -0.25) is 0 Å². The molecule has 0 unspecified atom stereocenters. The van der Waals surface area contributed by atoms with Crippen LogP contribution < -0.4 is 4.74 Å². The van der Waals surface area contributed by atoms with Crippen molar-refractivity contribution in [1.82, 2.24) is 4.90 Å². The molecule has 23 heavy (non-hydrogen) atoms. The van der Waals surface area contributed by atoms with Crippen molar-refractivity contribution in [2.45, 2.75) is 12.8 Å². The van der Waals surface area contributed by atoms with E-state index in [2.05, 4.69) is 49.7 Å². The van der Waals surface area contributed by atoms with E-state index in [0.29, 0.717) is 0 Å². The van der Waals surface area contributed by atoms with Crippen LogP contribution in [0.3, 0.4) is 0 Å². The molecule has 3 heteroatoms. The van der Waals surface area contributed by atoms with Gasteiger partial charge in [0.15, 0.2) is 0 Å². The molecule has 1 aromatic carbocycles. The quantitative estimate of drug-likeness (QED) is 0.690. The Labute approximate surface area is 144 Å². The Morgan fingerprint density at radius 3 is 2.43 bits per heavy atom. The van der Waals surface area contributed by atoms with Gasteiger partial charge < -0.3 is 9.64 Å². The summed E-state index contributed by atoms with van der Waals surface area (Å²) >= 11 is 1.86. The molecule has 0 saturated carbocycles. The van der Waals surface area contributed by atoms with Crippen molar-refractivity contribution in [3.8, 4) is 5.75 Å². The van der Waals surface area contributed by atoms with Gasteiger partial charge >= 0.3 is 0 Å². The molecule has 0 aliphatic heterocycles. The first-order chi connectivity index (χ1) is 11.1. The second-order valence-corrected chi connectivity index (χ2v) is 6.39. The molecule has 0 saturated heterocycles. The number of benzene rings is 1. The molecule has 2 aromatic rings. The van der Waals surface area contributed by atoms with Crippen molar-refractivity contribution in [3.05, 3.63) is 64.9 Å². The van der Waals surface area contributed by atoms with Gasteiger partial charge in [0.2, 0.25) is 0 Å². The first kappa shape index (κ1) is 19.2. The highest BCUT2D eigenvalue weighted by Crippen LogP contribution is 2.23. The number of ether oxygens (including phenoxy) is 1. The molecule has 1 heterocycles. The van der Waals surface area contributed by atoms with Crippen LogP contribution in [0.4, 0.5) is 0 Å². The fourth-order valence-corrected chi connectivity index (χ4v) is 2.91. The predicted molar refractivity (Wildman–Crippen MR) is 104 cm³/mol. The van der Waals surface area contributed by atoms with Gasteiger partial charge in [-0.1, -0.05) is 43.5 Å². The van der Waals surface area contributed by atoms with Gasteiger partial charge in [0, 0.05) is 10.4 Å². The smallest absolute Gasteiger partial charge is 0.126 e. The van der Waals surface area contributed by atoms with E-state index in [1.807, 2.05) is 29.5 Å². The summed E-state index contributed by atoms with van der Waals surface area (Å²) < 4.78 is 5.16. The van der Waals surface area contributed by atoms with E-state index in [1.165, 1.54) is 24.3 Å². The van der Waals surface area contributed by atoms with Crippen LogP contribution in [0.2, 0.25) is 0 Å². The fraction of sp³-hybridized carbons (Fsp3) is 0.300. The first-order valence-electron chi connectivity index (χ1n) is 7.71. The zero-order chi connectivity index (χ0) is 17.1. The molecule has 0 spiro atoms. The van der Waals surface area contributed by atoms with Gasteiger partial charge in [-0.15, -0.1) is 11.3 Å². The SMILES string of the molecule is C=Cc1cccc(OC)c1C=C.CN(C)CCCc1cccs1. The standard InChI is InChI=1S/C11H12O.C9H15NS/c1-4-9-7-6-8-11(12-3)10(9)5-2;1-10(2)7-3-5-9-6-4-8-11-9/h4-8H,1-2H2,3H3;4,6,8H,3,5,7H2,1-2H3. The molecule has 0 atom stereocenters. The lowest BCUT2D eigenvalue weighted by Crippen LogP contribution is -2.13. The van der Waals surface area contributed by atoms with E-state index in [1.54, 1.807) is 19.3 Å². The molecular formula is C20H27NOS. The van der Waals surface area contributed by atoms with Gasteiger partial charge in [-0.2, -0.15) is 0 Å². The number of thiophene rings is 1. The summed E-state index contributed by atoms with van der Waals surface area (Å²) in [5.41, 5.74) is 2.04. The third-order valence-electron chi connectivity index (χ3n) is 3.35. The maximum absolute atomic E-state index is 5.16. The molecule has 0 bridgehead atoms. The summed E-state index contributed by atoms with van der Waals surface area (Å²) in [7, 11) is 5.89. The minimum Gasteiger partial charge on any atom is -0.496 e. The van der Waals surface area contributed by atoms with Crippen molar-refractivity contribution < 1.29 is 4.74 Å². The lowest BCUT2D eigenvalue weighted by Gasteiger charge is -2.07. The highest BCUT2D eigenvalue weighted by Gasteiger charge is 2.01. The largest absolute Gasteiger partial charge is 0.496 e.